The Kier molecular flexibility index (Phi) is 7.31. The topological polar surface area (TPSA) is 77.5 Å². The standard InChI is InChI=1S/C15H24N2O4S/c1-6-7-12-16-11(8-22-12)10(4)21-15(19)17-13(9(2)3)14(18)20-5/h8-10,13H,6-7H2,1-5H3,(H,17,19). The molecule has 0 saturated carbocycles. The second-order valence-electron chi connectivity index (χ2n) is 5.35. The maximum Gasteiger partial charge on any atom is 0.408 e. The van der Waals surface area contributed by atoms with Crippen molar-refractivity contribution in [2.45, 2.75) is 52.7 Å². The van der Waals surface area contributed by atoms with Crippen LogP contribution in [-0.2, 0) is 20.7 Å². The van der Waals surface area contributed by atoms with Gasteiger partial charge in [0.2, 0.25) is 0 Å². The minimum Gasteiger partial charge on any atom is -0.467 e. The summed E-state index contributed by atoms with van der Waals surface area (Å²) in [4.78, 5) is 28.0. The zero-order chi connectivity index (χ0) is 16.7. The lowest BCUT2D eigenvalue weighted by atomic mass is 10.1. The van der Waals surface area contributed by atoms with E-state index in [0.29, 0.717) is 0 Å². The monoisotopic (exact) mass is 328 g/mol. The highest BCUT2D eigenvalue weighted by molar-refractivity contribution is 7.09. The van der Waals surface area contributed by atoms with Crippen LogP contribution in [0.25, 0.3) is 0 Å². The molecule has 0 aliphatic heterocycles. The fraction of sp³-hybridized carbons (Fsp3) is 0.667. The first-order valence-electron chi connectivity index (χ1n) is 7.38. The van der Waals surface area contributed by atoms with E-state index >= 15 is 0 Å². The molecule has 0 aliphatic rings. The average Bonchev–Trinajstić information content (AvgIpc) is 2.92. The van der Waals surface area contributed by atoms with Crippen molar-refractivity contribution in [3.05, 3.63) is 16.1 Å². The van der Waals surface area contributed by atoms with Crippen LogP contribution >= 0.6 is 11.3 Å². The average molecular weight is 328 g/mol. The van der Waals surface area contributed by atoms with Crippen molar-refractivity contribution in [1.82, 2.24) is 10.3 Å². The first-order valence-corrected chi connectivity index (χ1v) is 8.26. The Balaban J connectivity index is 2.60. The predicted molar refractivity (Wildman–Crippen MR) is 84.8 cm³/mol. The molecule has 6 nitrogen and oxygen atoms in total. The van der Waals surface area contributed by atoms with Gasteiger partial charge in [0.05, 0.1) is 17.8 Å². The molecule has 22 heavy (non-hydrogen) atoms. The molecule has 0 aliphatic carbocycles. The van der Waals surface area contributed by atoms with Crippen LogP contribution in [0, 0.1) is 5.92 Å². The van der Waals surface area contributed by atoms with Crippen molar-refractivity contribution >= 4 is 23.4 Å². The van der Waals surface area contributed by atoms with E-state index < -0.39 is 24.2 Å². The molecule has 1 N–H and O–H groups in total. The van der Waals surface area contributed by atoms with E-state index in [9.17, 15) is 9.59 Å². The van der Waals surface area contributed by atoms with Gasteiger partial charge in [-0.25, -0.2) is 14.6 Å². The third-order valence-corrected chi connectivity index (χ3v) is 4.06. The van der Waals surface area contributed by atoms with Crippen LogP contribution in [0.15, 0.2) is 5.38 Å². The summed E-state index contributed by atoms with van der Waals surface area (Å²) < 4.78 is 9.96. The predicted octanol–water partition coefficient (Wildman–Crippen LogP) is 3.08. The molecule has 1 rings (SSSR count). The molecular formula is C15H24N2O4S. The number of rotatable bonds is 7. The lowest BCUT2D eigenvalue weighted by Crippen LogP contribution is -2.45. The summed E-state index contributed by atoms with van der Waals surface area (Å²) >= 11 is 1.56. The maximum atomic E-state index is 11.9. The van der Waals surface area contributed by atoms with E-state index in [1.165, 1.54) is 7.11 Å². The molecular weight excluding hydrogens is 304 g/mol. The van der Waals surface area contributed by atoms with Crippen molar-refractivity contribution in [2.75, 3.05) is 7.11 Å². The molecule has 1 heterocycles. The second kappa shape index (κ2) is 8.73. The van der Waals surface area contributed by atoms with Gasteiger partial charge in [0.15, 0.2) is 0 Å². The van der Waals surface area contributed by atoms with Crippen molar-refractivity contribution in [1.29, 1.82) is 0 Å². The van der Waals surface area contributed by atoms with Gasteiger partial charge in [-0.1, -0.05) is 20.8 Å². The first-order chi connectivity index (χ1) is 10.4. The van der Waals surface area contributed by atoms with E-state index in [1.54, 1.807) is 18.3 Å². The number of carbonyl (C=O) groups is 2. The summed E-state index contributed by atoms with van der Waals surface area (Å²) in [5.41, 5.74) is 0.725. The molecule has 0 fully saturated rings. The van der Waals surface area contributed by atoms with Crippen LogP contribution in [0.3, 0.4) is 0 Å². The maximum absolute atomic E-state index is 11.9. The zero-order valence-electron chi connectivity index (χ0n) is 13.7. The number of methoxy groups -OCH3 is 1. The van der Waals surface area contributed by atoms with Crippen molar-refractivity contribution in [3.8, 4) is 0 Å². The summed E-state index contributed by atoms with van der Waals surface area (Å²) in [6.07, 6.45) is 0.827. The summed E-state index contributed by atoms with van der Waals surface area (Å²) in [6.45, 7) is 7.49. The van der Waals surface area contributed by atoms with Gasteiger partial charge in [0, 0.05) is 5.38 Å². The highest BCUT2D eigenvalue weighted by atomic mass is 32.1. The van der Waals surface area contributed by atoms with Gasteiger partial charge in [-0.15, -0.1) is 11.3 Å². The molecule has 0 radical (unpaired) electrons. The number of carbonyl (C=O) groups excluding carboxylic acids is 2. The highest BCUT2D eigenvalue weighted by Crippen LogP contribution is 2.20. The number of ether oxygens (including phenoxy) is 2. The van der Waals surface area contributed by atoms with Crippen LogP contribution in [0.4, 0.5) is 4.79 Å². The van der Waals surface area contributed by atoms with Crippen LogP contribution in [-0.4, -0.2) is 30.2 Å². The Morgan fingerprint density at radius 2 is 2.05 bits per heavy atom. The van der Waals surface area contributed by atoms with E-state index in [0.717, 1.165) is 23.5 Å². The Labute approximate surface area is 135 Å². The van der Waals surface area contributed by atoms with Gasteiger partial charge in [-0.05, 0) is 25.7 Å². The highest BCUT2D eigenvalue weighted by Gasteiger charge is 2.26. The minimum atomic E-state index is -0.726. The first kappa shape index (κ1) is 18.4. The van der Waals surface area contributed by atoms with Crippen molar-refractivity contribution in [2.24, 2.45) is 5.92 Å². The third kappa shape index (κ3) is 5.29. The van der Waals surface area contributed by atoms with Crippen molar-refractivity contribution in [3.63, 3.8) is 0 Å². The summed E-state index contributed by atoms with van der Waals surface area (Å²) in [6, 6.07) is -0.726. The van der Waals surface area contributed by atoms with Crippen molar-refractivity contribution < 1.29 is 19.1 Å². The summed E-state index contributed by atoms with van der Waals surface area (Å²) in [7, 11) is 1.29. The van der Waals surface area contributed by atoms with Gasteiger partial charge in [-0.3, -0.25) is 0 Å². The van der Waals surface area contributed by atoms with E-state index in [1.807, 2.05) is 19.2 Å². The molecule has 0 saturated heterocycles. The number of aromatic nitrogens is 1. The SMILES string of the molecule is CCCc1nc(C(C)OC(=O)NC(C(=O)OC)C(C)C)cs1. The number of hydrogen-bond acceptors (Lipinski definition) is 6. The van der Waals surface area contributed by atoms with Crippen LogP contribution in [0.2, 0.25) is 0 Å². The molecule has 124 valence electrons. The molecule has 2 unspecified atom stereocenters. The molecule has 0 aromatic carbocycles. The number of thiazole rings is 1. The molecule has 1 aromatic rings. The number of amides is 1. The van der Waals surface area contributed by atoms with Crippen LogP contribution in [0.5, 0.6) is 0 Å². The second-order valence-corrected chi connectivity index (χ2v) is 6.30. The smallest absolute Gasteiger partial charge is 0.408 e. The van der Waals surface area contributed by atoms with E-state index in [2.05, 4.69) is 22.0 Å². The van der Waals surface area contributed by atoms with E-state index in [4.69, 9.17) is 4.74 Å². The van der Waals surface area contributed by atoms with Gasteiger partial charge in [0.25, 0.3) is 0 Å². The summed E-state index contributed by atoms with van der Waals surface area (Å²) in [5.74, 6) is -0.579. The van der Waals surface area contributed by atoms with E-state index in [-0.39, 0.29) is 5.92 Å². The molecule has 7 heteroatoms. The Morgan fingerprint density at radius 1 is 1.36 bits per heavy atom. The summed E-state index contributed by atoms with van der Waals surface area (Å²) in [5, 5.41) is 5.46. The number of nitrogens with zero attached hydrogens (tertiary/aromatic N) is 1. The lowest BCUT2D eigenvalue weighted by Gasteiger charge is -2.20. The quantitative estimate of drug-likeness (QED) is 0.778. The number of nitrogens with one attached hydrogen (secondary N) is 1. The number of alkyl carbamates (subject to hydrolysis) is 1. The largest absolute Gasteiger partial charge is 0.467 e. The normalized spacial score (nSPS) is 13.5. The Morgan fingerprint density at radius 3 is 2.59 bits per heavy atom. The number of aryl methyl sites for hydroxylation is 1. The molecule has 2 atom stereocenters. The molecule has 0 bridgehead atoms. The fourth-order valence-corrected chi connectivity index (χ4v) is 2.83. The minimum absolute atomic E-state index is 0.0919. The fourth-order valence-electron chi connectivity index (χ4n) is 1.85. The van der Waals surface area contributed by atoms with Gasteiger partial charge in [0.1, 0.15) is 12.1 Å². The molecule has 1 amide bonds. The lowest BCUT2D eigenvalue weighted by molar-refractivity contribution is -0.144. The Hall–Kier alpha value is -1.63. The number of hydrogen-bond donors (Lipinski definition) is 1. The molecule has 0 spiro atoms. The van der Waals surface area contributed by atoms with Crippen LogP contribution < -0.4 is 5.32 Å². The van der Waals surface area contributed by atoms with Crippen LogP contribution in [0.1, 0.15) is 50.9 Å². The van der Waals surface area contributed by atoms with Gasteiger partial charge in [-0.2, -0.15) is 0 Å². The third-order valence-electron chi connectivity index (χ3n) is 3.13. The number of esters is 1. The molecule has 1 aromatic heterocycles. The van der Waals surface area contributed by atoms with Gasteiger partial charge >= 0.3 is 12.1 Å². The Bertz CT molecular complexity index is 501. The zero-order valence-corrected chi connectivity index (χ0v) is 14.5. The van der Waals surface area contributed by atoms with Gasteiger partial charge < -0.3 is 14.8 Å².